The van der Waals surface area contributed by atoms with E-state index in [1.165, 1.54) is 5.56 Å². The molecule has 0 bridgehead atoms. The van der Waals surface area contributed by atoms with Crippen LogP contribution in [0.5, 0.6) is 0 Å². The summed E-state index contributed by atoms with van der Waals surface area (Å²) >= 11 is 3.44. The third-order valence-electron chi connectivity index (χ3n) is 2.68. The minimum atomic E-state index is 0.688. The van der Waals surface area contributed by atoms with E-state index in [9.17, 15) is 0 Å². The van der Waals surface area contributed by atoms with Gasteiger partial charge < -0.3 is 0 Å². The van der Waals surface area contributed by atoms with E-state index in [2.05, 4.69) is 41.1 Å². The van der Waals surface area contributed by atoms with Crippen LogP contribution in [0.4, 0.5) is 0 Å². The molecule has 17 heavy (non-hydrogen) atoms. The highest BCUT2D eigenvalue weighted by Gasteiger charge is 2.05. The Kier molecular flexibility index (Phi) is 3.61. The van der Waals surface area contributed by atoms with E-state index in [0.717, 1.165) is 22.0 Å². The number of rotatable bonds is 2. The van der Waals surface area contributed by atoms with Gasteiger partial charge in [-0.3, -0.25) is 0 Å². The van der Waals surface area contributed by atoms with Crippen LogP contribution in [0.15, 0.2) is 40.9 Å². The molecule has 0 aliphatic carbocycles. The van der Waals surface area contributed by atoms with Crippen molar-refractivity contribution in [1.29, 1.82) is 5.26 Å². The van der Waals surface area contributed by atoms with E-state index < -0.39 is 0 Å². The molecule has 0 spiro atoms. The van der Waals surface area contributed by atoms with Crippen LogP contribution in [0.25, 0.3) is 11.1 Å². The van der Waals surface area contributed by atoms with E-state index in [-0.39, 0.29) is 0 Å². The Morgan fingerprint density at radius 3 is 2.88 bits per heavy atom. The van der Waals surface area contributed by atoms with Gasteiger partial charge >= 0.3 is 0 Å². The molecule has 2 heteroatoms. The highest BCUT2D eigenvalue weighted by atomic mass is 79.9. The van der Waals surface area contributed by atoms with Crippen LogP contribution < -0.4 is 0 Å². The molecule has 0 amide bonds. The monoisotopic (exact) mass is 284 g/mol. The zero-order chi connectivity index (χ0) is 12.3. The summed E-state index contributed by atoms with van der Waals surface area (Å²) in [6.45, 7) is 2.12. The molecule has 0 atom stereocenters. The Balaban J connectivity index is 2.59. The van der Waals surface area contributed by atoms with Crippen molar-refractivity contribution in [2.45, 2.75) is 13.3 Å². The van der Waals surface area contributed by atoms with Crippen molar-refractivity contribution in [3.63, 3.8) is 0 Å². The molecule has 0 heterocycles. The minimum Gasteiger partial charge on any atom is -0.192 e. The summed E-state index contributed by atoms with van der Waals surface area (Å²) in [6.07, 6.45) is 0.954. The van der Waals surface area contributed by atoms with Gasteiger partial charge in [0.05, 0.1) is 11.6 Å². The number of nitrogens with zero attached hydrogens (tertiary/aromatic N) is 1. The van der Waals surface area contributed by atoms with Gasteiger partial charge in [-0.25, -0.2) is 0 Å². The van der Waals surface area contributed by atoms with Gasteiger partial charge in [0.2, 0.25) is 0 Å². The van der Waals surface area contributed by atoms with Crippen LogP contribution in [0, 0.1) is 17.4 Å². The molecule has 0 aliphatic rings. The fourth-order valence-corrected chi connectivity index (χ4v) is 2.16. The quantitative estimate of drug-likeness (QED) is 0.804. The molecule has 0 unspecified atom stereocenters. The maximum Gasteiger partial charge on any atom is 0.0991 e. The van der Waals surface area contributed by atoms with Gasteiger partial charge in [-0.05, 0) is 53.4 Å². The standard InChI is InChI=1S/C15H11BrN/c1-2-12-6-7-14(16)9-15(12)13-5-3-4-11(8-13)10-17/h3-6,8-9H,2H2,1H3. The predicted molar refractivity (Wildman–Crippen MR) is 72.5 cm³/mol. The molecule has 1 nitrogen and oxygen atoms in total. The largest absolute Gasteiger partial charge is 0.192 e. The van der Waals surface area contributed by atoms with Crippen molar-refractivity contribution in [2.24, 2.45) is 0 Å². The van der Waals surface area contributed by atoms with Crippen molar-refractivity contribution >= 4 is 15.9 Å². The first kappa shape index (κ1) is 11.9. The minimum absolute atomic E-state index is 0.688. The van der Waals surface area contributed by atoms with Gasteiger partial charge in [-0.1, -0.05) is 35.0 Å². The molecule has 83 valence electrons. The SMILES string of the molecule is CCc1c[c]c(Br)cc1-c1cccc(C#N)c1. The van der Waals surface area contributed by atoms with Gasteiger partial charge in [-0.2, -0.15) is 5.26 Å². The molecule has 0 aromatic heterocycles. The van der Waals surface area contributed by atoms with Crippen LogP contribution in [-0.2, 0) is 6.42 Å². The molecule has 0 fully saturated rings. The Morgan fingerprint density at radius 2 is 2.18 bits per heavy atom. The lowest BCUT2D eigenvalue weighted by molar-refractivity contribution is 1.14. The Labute approximate surface area is 110 Å². The van der Waals surface area contributed by atoms with Crippen LogP contribution in [0.3, 0.4) is 0 Å². The molecular formula is C15H11BrN. The summed E-state index contributed by atoms with van der Waals surface area (Å²) in [5.74, 6) is 0. The van der Waals surface area contributed by atoms with Gasteiger partial charge in [0.15, 0.2) is 0 Å². The molecule has 2 aromatic carbocycles. The maximum atomic E-state index is 8.92. The second kappa shape index (κ2) is 5.16. The summed E-state index contributed by atoms with van der Waals surface area (Å²) in [4.78, 5) is 0. The first-order valence-electron chi connectivity index (χ1n) is 5.45. The summed E-state index contributed by atoms with van der Waals surface area (Å²) in [5.41, 5.74) is 4.17. The molecule has 2 aromatic rings. The first-order valence-corrected chi connectivity index (χ1v) is 6.24. The van der Waals surface area contributed by atoms with Crippen molar-refractivity contribution < 1.29 is 0 Å². The molecule has 0 saturated heterocycles. The highest BCUT2D eigenvalue weighted by molar-refractivity contribution is 9.10. The Hall–Kier alpha value is -1.59. The van der Waals surface area contributed by atoms with Crippen molar-refractivity contribution in [2.75, 3.05) is 0 Å². The van der Waals surface area contributed by atoms with E-state index in [1.807, 2.05) is 30.3 Å². The third-order valence-corrected chi connectivity index (χ3v) is 3.14. The van der Waals surface area contributed by atoms with Crippen LogP contribution in [0.1, 0.15) is 18.1 Å². The van der Waals surface area contributed by atoms with Crippen molar-refractivity contribution in [3.05, 3.63) is 58.1 Å². The van der Waals surface area contributed by atoms with Gasteiger partial charge in [0.25, 0.3) is 0 Å². The lowest BCUT2D eigenvalue weighted by atomic mass is 9.97. The third kappa shape index (κ3) is 2.57. The van der Waals surface area contributed by atoms with Gasteiger partial charge in [0.1, 0.15) is 0 Å². The maximum absolute atomic E-state index is 8.92. The fraction of sp³-hybridized carbons (Fsp3) is 0.133. The molecule has 1 radical (unpaired) electrons. The number of hydrogen-bond donors (Lipinski definition) is 0. The smallest absolute Gasteiger partial charge is 0.0991 e. The fourth-order valence-electron chi connectivity index (χ4n) is 1.81. The molecule has 2 rings (SSSR count). The highest BCUT2D eigenvalue weighted by Crippen LogP contribution is 2.27. The van der Waals surface area contributed by atoms with Crippen LogP contribution >= 0.6 is 15.9 Å². The predicted octanol–water partition coefficient (Wildman–Crippen LogP) is 4.35. The van der Waals surface area contributed by atoms with E-state index in [4.69, 9.17) is 5.26 Å². The van der Waals surface area contributed by atoms with E-state index in [0.29, 0.717) is 5.56 Å². The second-order valence-corrected chi connectivity index (χ2v) is 4.62. The number of aryl methyl sites for hydroxylation is 1. The van der Waals surface area contributed by atoms with Crippen LogP contribution in [-0.4, -0.2) is 0 Å². The lowest BCUT2D eigenvalue weighted by Gasteiger charge is -2.08. The normalized spacial score (nSPS) is 9.94. The molecule has 0 N–H and O–H groups in total. The first-order chi connectivity index (χ1) is 8.24. The summed E-state index contributed by atoms with van der Waals surface area (Å²) in [7, 11) is 0. The average molecular weight is 285 g/mol. The van der Waals surface area contributed by atoms with Crippen molar-refractivity contribution in [1.82, 2.24) is 0 Å². The summed E-state index contributed by atoms with van der Waals surface area (Å²) < 4.78 is 0.937. The van der Waals surface area contributed by atoms with E-state index >= 15 is 0 Å². The number of halogens is 1. The summed E-state index contributed by atoms with van der Waals surface area (Å²) in [6, 6.07) is 17.0. The van der Waals surface area contributed by atoms with Gasteiger partial charge in [0, 0.05) is 4.47 Å². The Morgan fingerprint density at radius 1 is 1.35 bits per heavy atom. The zero-order valence-electron chi connectivity index (χ0n) is 9.50. The molecule has 0 saturated carbocycles. The van der Waals surface area contributed by atoms with Gasteiger partial charge in [-0.15, -0.1) is 0 Å². The second-order valence-electron chi connectivity index (χ2n) is 3.77. The average Bonchev–Trinajstić information content (AvgIpc) is 2.39. The van der Waals surface area contributed by atoms with Crippen LogP contribution in [0.2, 0.25) is 0 Å². The Bertz CT molecular complexity index is 582. The number of nitriles is 1. The zero-order valence-corrected chi connectivity index (χ0v) is 11.1. The number of benzene rings is 2. The summed E-state index contributed by atoms with van der Waals surface area (Å²) in [5, 5.41) is 8.92. The topological polar surface area (TPSA) is 23.8 Å². The lowest BCUT2D eigenvalue weighted by Crippen LogP contribution is -1.88. The molecular weight excluding hydrogens is 274 g/mol. The number of hydrogen-bond acceptors (Lipinski definition) is 1. The molecule has 0 aliphatic heterocycles. The van der Waals surface area contributed by atoms with Crippen molar-refractivity contribution in [3.8, 4) is 17.2 Å². The van der Waals surface area contributed by atoms with E-state index in [1.54, 1.807) is 0 Å².